The molecule has 1 unspecified atom stereocenters. The Morgan fingerprint density at radius 3 is 2.48 bits per heavy atom. The number of anilines is 1. The van der Waals surface area contributed by atoms with Crippen LogP contribution in [0, 0.1) is 6.92 Å². The quantitative estimate of drug-likeness (QED) is 0.620. The van der Waals surface area contributed by atoms with Crippen molar-refractivity contribution in [3.63, 3.8) is 0 Å². The number of halogens is 4. The monoisotopic (exact) mass is 386 g/mol. The Morgan fingerprint density at radius 2 is 1.88 bits per heavy atom. The van der Waals surface area contributed by atoms with Crippen molar-refractivity contribution in [1.82, 2.24) is 5.32 Å². The first-order chi connectivity index (χ1) is 11.7. The number of benzene rings is 2. The summed E-state index contributed by atoms with van der Waals surface area (Å²) in [6, 6.07) is 11.5. The molecule has 2 aromatic carbocycles. The maximum absolute atomic E-state index is 12.9. The molecule has 0 heterocycles. The van der Waals surface area contributed by atoms with Gasteiger partial charge in [0.1, 0.15) is 0 Å². The minimum Gasteiger partial charge on any atom is -0.356 e. The summed E-state index contributed by atoms with van der Waals surface area (Å²) in [6.07, 6.45) is -3.74. The van der Waals surface area contributed by atoms with Crippen molar-refractivity contribution < 1.29 is 13.2 Å². The smallest absolute Gasteiger partial charge is 0.356 e. The summed E-state index contributed by atoms with van der Waals surface area (Å²) in [5.41, 5.74) is 1.55. The lowest BCUT2D eigenvalue weighted by atomic mass is 10.00. The number of nitrogens with one attached hydrogen (secondary N) is 2. The molecule has 2 nitrogen and oxygen atoms in total. The molecule has 2 N–H and O–H groups in total. The minimum atomic E-state index is -4.52. The van der Waals surface area contributed by atoms with Crippen molar-refractivity contribution >= 4 is 34.6 Å². The molecule has 0 aromatic heterocycles. The molecule has 0 aliphatic rings. The highest BCUT2D eigenvalue weighted by molar-refractivity contribution is 7.80. The second-order valence-corrected chi connectivity index (χ2v) is 6.42. The molecule has 2 aromatic rings. The van der Waals surface area contributed by atoms with Crippen molar-refractivity contribution in [2.75, 3.05) is 5.32 Å². The summed E-state index contributed by atoms with van der Waals surface area (Å²) in [4.78, 5) is 0. The van der Waals surface area contributed by atoms with Crippen LogP contribution in [0.5, 0.6) is 0 Å². The van der Waals surface area contributed by atoms with E-state index in [9.17, 15) is 13.2 Å². The van der Waals surface area contributed by atoms with Gasteiger partial charge in [0.25, 0.3) is 0 Å². The number of alkyl halides is 3. The first kappa shape index (κ1) is 19.5. The van der Waals surface area contributed by atoms with E-state index in [-0.39, 0.29) is 21.9 Å². The Morgan fingerprint density at radius 1 is 1.20 bits per heavy atom. The zero-order chi connectivity index (χ0) is 18.6. The summed E-state index contributed by atoms with van der Waals surface area (Å²) in [6.45, 7) is 4.02. The van der Waals surface area contributed by atoms with E-state index in [2.05, 4.69) is 10.6 Å². The Labute approximate surface area is 155 Å². The van der Waals surface area contributed by atoms with Crippen LogP contribution in [0.1, 0.15) is 36.1 Å². The summed E-state index contributed by atoms with van der Waals surface area (Å²) in [5.74, 6) is 0. The van der Waals surface area contributed by atoms with Crippen molar-refractivity contribution in [2.24, 2.45) is 0 Å². The molecule has 25 heavy (non-hydrogen) atoms. The van der Waals surface area contributed by atoms with Gasteiger partial charge in [-0.15, -0.1) is 0 Å². The maximum Gasteiger partial charge on any atom is 0.417 e. The third-order valence-electron chi connectivity index (χ3n) is 3.81. The number of thiocarbonyl (C=S) groups is 1. The van der Waals surface area contributed by atoms with Gasteiger partial charge < -0.3 is 10.6 Å². The molecule has 134 valence electrons. The molecule has 0 aliphatic carbocycles. The van der Waals surface area contributed by atoms with Crippen LogP contribution < -0.4 is 10.6 Å². The molecular formula is C18H18ClF3N2S. The highest BCUT2D eigenvalue weighted by atomic mass is 35.5. The van der Waals surface area contributed by atoms with E-state index >= 15 is 0 Å². The van der Waals surface area contributed by atoms with Crippen molar-refractivity contribution in [2.45, 2.75) is 32.5 Å². The van der Waals surface area contributed by atoms with Crippen molar-refractivity contribution in [3.05, 3.63) is 64.2 Å². The highest BCUT2D eigenvalue weighted by Crippen LogP contribution is 2.36. The molecule has 0 saturated heterocycles. The Balaban J connectivity index is 2.13. The van der Waals surface area contributed by atoms with E-state index in [4.69, 9.17) is 23.8 Å². The van der Waals surface area contributed by atoms with Gasteiger partial charge in [-0.25, -0.2) is 0 Å². The largest absolute Gasteiger partial charge is 0.417 e. The van der Waals surface area contributed by atoms with Gasteiger partial charge in [0.05, 0.1) is 16.6 Å². The van der Waals surface area contributed by atoms with Crippen LogP contribution >= 0.6 is 23.8 Å². The van der Waals surface area contributed by atoms with E-state index in [0.29, 0.717) is 0 Å². The average molecular weight is 387 g/mol. The second kappa shape index (κ2) is 8.06. The van der Waals surface area contributed by atoms with Crippen LogP contribution in [0.3, 0.4) is 0 Å². The van der Waals surface area contributed by atoms with Gasteiger partial charge in [-0.1, -0.05) is 42.8 Å². The van der Waals surface area contributed by atoms with Crippen LogP contribution in [0.4, 0.5) is 18.9 Å². The summed E-state index contributed by atoms with van der Waals surface area (Å²) in [5, 5.41) is 5.86. The number of aryl methyl sites for hydroxylation is 1. The lowest BCUT2D eigenvalue weighted by Gasteiger charge is -2.22. The minimum absolute atomic E-state index is 0.0319. The Hall–Kier alpha value is -1.79. The third-order valence-corrected chi connectivity index (χ3v) is 4.36. The van der Waals surface area contributed by atoms with Gasteiger partial charge in [0.15, 0.2) is 5.11 Å². The Kier molecular flexibility index (Phi) is 6.30. The van der Waals surface area contributed by atoms with E-state index in [1.165, 1.54) is 12.1 Å². The van der Waals surface area contributed by atoms with Crippen molar-refractivity contribution in [3.8, 4) is 0 Å². The summed E-state index contributed by atoms with van der Waals surface area (Å²) >= 11 is 10.9. The topological polar surface area (TPSA) is 24.1 Å². The van der Waals surface area contributed by atoms with E-state index in [0.717, 1.165) is 23.6 Å². The predicted molar refractivity (Wildman–Crippen MR) is 100 cm³/mol. The highest BCUT2D eigenvalue weighted by Gasteiger charge is 2.33. The van der Waals surface area contributed by atoms with Gasteiger partial charge in [0, 0.05) is 5.69 Å². The first-order valence-electron chi connectivity index (χ1n) is 7.72. The number of hydrogen-bond acceptors (Lipinski definition) is 1. The van der Waals surface area contributed by atoms with Crippen LogP contribution in [0.15, 0.2) is 42.5 Å². The first-order valence-corrected chi connectivity index (χ1v) is 8.50. The van der Waals surface area contributed by atoms with Crippen LogP contribution in [-0.4, -0.2) is 5.11 Å². The average Bonchev–Trinajstić information content (AvgIpc) is 2.54. The SMILES string of the molecule is CCC(NC(=S)Nc1ccc(Cl)c(C(F)(F)F)c1)c1ccccc1C. The fraction of sp³-hybridized carbons (Fsp3) is 0.278. The van der Waals surface area contributed by atoms with Gasteiger partial charge in [-0.3, -0.25) is 0 Å². The van der Waals surface area contributed by atoms with E-state index in [1.54, 1.807) is 0 Å². The van der Waals surface area contributed by atoms with Gasteiger partial charge in [0.2, 0.25) is 0 Å². The van der Waals surface area contributed by atoms with Crippen LogP contribution in [0.25, 0.3) is 0 Å². The maximum atomic E-state index is 12.9. The fourth-order valence-electron chi connectivity index (χ4n) is 2.52. The molecule has 0 radical (unpaired) electrons. The predicted octanol–water partition coefficient (Wildman–Crippen LogP) is 6.10. The van der Waals surface area contributed by atoms with Crippen LogP contribution in [0.2, 0.25) is 5.02 Å². The lowest BCUT2D eigenvalue weighted by Crippen LogP contribution is -2.32. The van der Waals surface area contributed by atoms with Gasteiger partial charge >= 0.3 is 6.18 Å². The third kappa shape index (κ3) is 5.09. The zero-order valence-electron chi connectivity index (χ0n) is 13.7. The van der Waals surface area contributed by atoms with E-state index in [1.807, 2.05) is 38.1 Å². The molecule has 7 heteroatoms. The van der Waals surface area contributed by atoms with Gasteiger partial charge in [-0.05, 0) is 54.9 Å². The van der Waals surface area contributed by atoms with Crippen LogP contribution in [-0.2, 0) is 6.18 Å². The molecular weight excluding hydrogens is 369 g/mol. The van der Waals surface area contributed by atoms with Crippen molar-refractivity contribution in [1.29, 1.82) is 0 Å². The number of rotatable bonds is 4. The lowest BCUT2D eigenvalue weighted by molar-refractivity contribution is -0.137. The molecule has 0 fully saturated rings. The molecule has 0 saturated carbocycles. The molecule has 0 bridgehead atoms. The molecule has 0 aliphatic heterocycles. The molecule has 0 spiro atoms. The zero-order valence-corrected chi connectivity index (χ0v) is 15.3. The fourth-order valence-corrected chi connectivity index (χ4v) is 3.01. The molecule has 2 rings (SSSR count). The normalized spacial score (nSPS) is 12.6. The number of hydrogen-bond donors (Lipinski definition) is 2. The van der Waals surface area contributed by atoms with Gasteiger partial charge in [-0.2, -0.15) is 13.2 Å². The van der Waals surface area contributed by atoms with E-state index < -0.39 is 11.7 Å². The second-order valence-electron chi connectivity index (χ2n) is 5.61. The summed E-state index contributed by atoms with van der Waals surface area (Å²) in [7, 11) is 0. The Bertz CT molecular complexity index is 762. The standard InChI is InChI=1S/C18H18ClF3N2S/c1-3-16(13-7-5-4-6-11(13)2)24-17(25)23-12-8-9-15(19)14(10-12)18(20,21)22/h4-10,16H,3H2,1-2H3,(H2,23,24,25). The molecule has 1 atom stereocenters. The summed E-state index contributed by atoms with van der Waals surface area (Å²) < 4.78 is 38.8. The molecule has 0 amide bonds.